The van der Waals surface area contributed by atoms with E-state index in [1.807, 2.05) is 37.4 Å². The summed E-state index contributed by atoms with van der Waals surface area (Å²) >= 11 is 0. The molecule has 1 aliphatic rings. The summed E-state index contributed by atoms with van der Waals surface area (Å²) < 4.78 is 5.63. The minimum Gasteiger partial charge on any atom is -0.481 e. The number of para-hydroxylation sites is 1. The summed E-state index contributed by atoms with van der Waals surface area (Å²) in [7, 11) is 2.23. The highest BCUT2D eigenvalue weighted by molar-refractivity contribution is 6.76. The maximum atomic E-state index is 12.1. The average molecular weight is 408 g/mol. The van der Waals surface area contributed by atoms with Crippen LogP contribution in [0.4, 0.5) is 10.5 Å². The van der Waals surface area contributed by atoms with Crippen molar-refractivity contribution in [2.75, 3.05) is 33.9 Å². The first-order valence-corrected chi connectivity index (χ1v) is 13.1. The van der Waals surface area contributed by atoms with E-state index >= 15 is 0 Å². The standard InChI is InChI=1S/C20H30N2O5Si/c1-21(20(25)26-12-13-28(3,4)5)27-15-17-14-16-8-6-7-9-18(16)22(17,2)11-10-19(23)24/h6-9,14H,10-13,15H2,1-5H3/p+1. The van der Waals surface area contributed by atoms with Crippen molar-refractivity contribution in [3.63, 3.8) is 0 Å². The van der Waals surface area contributed by atoms with Crippen molar-refractivity contribution in [1.82, 2.24) is 9.55 Å². The van der Waals surface area contributed by atoms with Gasteiger partial charge in [-0.05, 0) is 12.1 Å². The molecule has 0 bridgehead atoms. The molecule has 0 saturated heterocycles. The summed E-state index contributed by atoms with van der Waals surface area (Å²) in [5, 5.41) is 10.2. The molecule has 2 rings (SSSR count). The van der Waals surface area contributed by atoms with E-state index in [4.69, 9.17) is 14.7 Å². The van der Waals surface area contributed by atoms with Gasteiger partial charge in [-0.2, -0.15) is 5.06 Å². The third-order valence-electron chi connectivity index (χ3n) is 4.94. The van der Waals surface area contributed by atoms with Gasteiger partial charge in [0, 0.05) is 32.8 Å². The number of carboxylic acid groups (broad SMARTS) is 1. The second kappa shape index (κ2) is 8.89. The molecule has 154 valence electrons. The second-order valence-corrected chi connectivity index (χ2v) is 14.1. The van der Waals surface area contributed by atoms with Crippen molar-refractivity contribution in [3.8, 4) is 0 Å². The van der Waals surface area contributed by atoms with Crippen molar-refractivity contribution in [1.29, 1.82) is 0 Å². The zero-order valence-corrected chi connectivity index (χ0v) is 18.4. The van der Waals surface area contributed by atoms with Gasteiger partial charge in [-0.15, -0.1) is 0 Å². The first-order chi connectivity index (χ1) is 13.0. The lowest BCUT2D eigenvalue weighted by Crippen LogP contribution is -2.46. The Balaban J connectivity index is 2.00. The van der Waals surface area contributed by atoms with Gasteiger partial charge >= 0.3 is 12.1 Å². The number of amides is 1. The predicted octanol–water partition coefficient (Wildman–Crippen LogP) is 3.79. The number of ether oxygens (including phenoxy) is 1. The molecule has 28 heavy (non-hydrogen) atoms. The second-order valence-electron chi connectivity index (χ2n) is 8.45. The van der Waals surface area contributed by atoms with Crippen LogP contribution in [0.5, 0.6) is 0 Å². The number of quaternary nitrogens is 1. The Morgan fingerprint density at radius 2 is 1.89 bits per heavy atom. The van der Waals surface area contributed by atoms with Gasteiger partial charge < -0.3 is 9.84 Å². The van der Waals surface area contributed by atoms with Crippen LogP contribution in [-0.4, -0.2) is 64.2 Å². The number of nitrogens with zero attached hydrogens (tertiary/aromatic N) is 2. The van der Waals surface area contributed by atoms with Crippen LogP contribution < -0.4 is 4.48 Å². The maximum Gasteiger partial charge on any atom is 0.433 e. The van der Waals surface area contributed by atoms with Crippen LogP contribution in [0, 0.1) is 0 Å². The van der Waals surface area contributed by atoms with E-state index in [-0.39, 0.29) is 13.0 Å². The number of carbonyl (C=O) groups excluding carboxylic acids is 1. The predicted molar refractivity (Wildman–Crippen MR) is 112 cm³/mol. The van der Waals surface area contributed by atoms with Crippen LogP contribution in [0.2, 0.25) is 25.7 Å². The van der Waals surface area contributed by atoms with Gasteiger partial charge in [-0.25, -0.2) is 4.79 Å². The molecule has 0 fully saturated rings. The van der Waals surface area contributed by atoms with Gasteiger partial charge in [0.25, 0.3) is 0 Å². The fourth-order valence-corrected chi connectivity index (χ4v) is 3.77. The summed E-state index contributed by atoms with van der Waals surface area (Å²) in [6, 6.07) is 8.78. The zero-order valence-electron chi connectivity index (χ0n) is 17.4. The Hall–Kier alpha value is -2.16. The molecule has 0 saturated carbocycles. The van der Waals surface area contributed by atoms with Gasteiger partial charge in [0.15, 0.2) is 0 Å². The summed E-state index contributed by atoms with van der Waals surface area (Å²) in [5.74, 6) is -0.841. The Morgan fingerprint density at radius 1 is 1.21 bits per heavy atom. The van der Waals surface area contributed by atoms with Gasteiger partial charge in [-0.3, -0.25) is 14.1 Å². The van der Waals surface area contributed by atoms with Crippen molar-refractivity contribution >= 4 is 31.9 Å². The number of rotatable bonds is 9. The van der Waals surface area contributed by atoms with Crippen molar-refractivity contribution in [3.05, 3.63) is 35.5 Å². The van der Waals surface area contributed by atoms with Crippen LogP contribution in [0.1, 0.15) is 12.0 Å². The molecule has 0 aliphatic carbocycles. The third kappa shape index (κ3) is 5.67. The highest BCUT2D eigenvalue weighted by Crippen LogP contribution is 2.39. The number of carboxylic acids is 1. The maximum absolute atomic E-state index is 12.1. The number of hydroxylamine groups is 2. The van der Waals surface area contributed by atoms with E-state index in [0.29, 0.717) is 17.6 Å². The summed E-state index contributed by atoms with van der Waals surface area (Å²) in [6.07, 6.45) is 1.52. The average Bonchev–Trinajstić information content (AvgIpc) is 2.89. The molecule has 1 unspecified atom stereocenters. The number of fused-ring (bicyclic) bond motifs is 1. The van der Waals surface area contributed by atoms with Gasteiger partial charge in [0.05, 0.1) is 26.6 Å². The minimum atomic E-state index is -1.27. The number of carbonyl (C=O) groups is 2. The molecular formula is C20H31N2O5Si+. The number of likely N-dealkylation sites (N-methyl/N-ethyl adjacent to an activating group) is 1. The molecule has 7 nitrogen and oxygen atoms in total. The highest BCUT2D eigenvalue weighted by atomic mass is 28.3. The zero-order chi connectivity index (χ0) is 20.9. The number of hydrogen-bond acceptors (Lipinski definition) is 4. The van der Waals surface area contributed by atoms with E-state index in [0.717, 1.165) is 28.1 Å². The first-order valence-electron chi connectivity index (χ1n) is 9.44. The molecular weight excluding hydrogens is 376 g/mol. The Bertz CT molecular complexity index is 759. The molecule has 0 spiro atoms. The first kappa shape index (κ1) is 22.1. The van der Waals surface area contributed by atoms with E-state index < -0.39 is 20.1 Å². The van der Waals surface area contributed by atoms with Crippen molar-refractivity contribution in [2.24, 2.45) is 0 Å². The molecule has 1 aromatic rings. The number of benzene rings is 1. The van der Waals surface area contributed by atoms with Crippen LogP contribution in [0.3, 0.4) is 0 Å². The molecule has 1 N–H and O–H groups in total. The quantitative estimate of drug-likeness (QED) is 0.383. The number of aliphatic carboxylic acids is 1. The molecule has 1 atom stereocenters. The van der Waals surface area contributed by atoms with Gasteiger partial charge in [0.1, 0.15) is 18.0 Å². The Morgan fingerprint density at radius 3 is 2.54 bits per heavy atom. The largest absolute Gasteiger partial charge is 0.481 e. The van der Waals surface area contributed by atoms with Crippen LogP contribution in [-0.2, 0) is 14.4 Å². The van der Waals surface area contributed by atoms with Crippen LogP contribution >= 0.6 is 0 Å². The van der Waals surface area contributed by atoms with Crippen LogP contribution in [0.15, 0.2) is 30.0 Å². The van der Waals surface area contributed by atoms with Crippen molar-refractivity contribution < 1.29 is 24.3 Å². The number of hydrogen-bond donors (Lipinski definition) is 1. The molecule has 0 radical (unpaired) electrons. The third-order valence-corrected chi connectivity index (χ3v) is 6.64. The molecule has 1 amide bonds. The fraction of sp³-hybridized carbons (Fsp3) is 0.500. The molecule has 0 aromatic heterocycles. The van der Waals surface area contributed by atoms with Gasteiger partial charge in [0.2, 0.25) is 0 Å². The molecule has 1 heterocycles. The lowest BCUT2D eigenvalue weighted by Gasteiger charge is -2.32. The summed E-state index contributed by atoms with van der Waals surface area (Å²) in [4.78, 5) is 28.9. The fourth-order valence-electron chi connectivity index (χ4n) is 3.05. The highest BCUT2D eigenvalue weighted by Gasteiger charge is 2.38. The van der Waals surface area contributed by atoms with Gasteiger partial charge in [-0.1, -0.05) is 31.8 Å². The van der Waals surface area contributed by atoms with E-state index in [9.17, 15) is 9.59 Å². The smallest absolute Gasteiger partial charge is 0.433 e. The van der Waals surface area contributed by atoms with Crippen LogP contribution in [0.25, 0.3) is 6.08 Å². The molecule has 1 aliphatic heterocycles. The Labute approximate surface area is 167 Å². The molecule has 1 aromatic carbocycles. The minimum absolute atomic E-state index is 0.0384. The monoisotopic (exact) mass is 407 g/mol. The van der Waals surface area contributed by atoms with E-state index in [2.05, 4.69) is 19.6 Å². The Kier molecular flexibility index (Phi) is 7.03. The summed E-state index contributed by atoms with van der Waals surface area (Å²) in [6.45, 7) is 7.64. The molecule has 8 heteroatoms. The van der Waals surface area contributed by atoms with Crippen molar-refractivity contribution in [2.45, 2.75) is 32.1 Å². The normalized spacial score (nSPS) is 18.4. The van der Waals surface area contributed by atoms with E-state index in [1.165, 1.54) is 7.05 Å². The SMILES string of the molecule is CN(OCC1=Cc2ccccc2[N+]1(C)CCC(=O)O)C(=O)OCC[Si](C)(C)C. The topological polar surface area (TPSA) is 76.1 Å². The van der Waals surface area contributed by atoms with E-state index in [1.54, 1.807) is 0 Å². The lowest BCUT2D eigenvalue weighted by atomic mass is 10.2. The summed E-state index contributed by atoms with van der Waals surface area (Å²) in [5.41, 5.74) is 2.96. The lowest BCUT2D eigenvalue weighted by molar-refractivity contribution is -0.137.